The number of amides is 1. The van der Waals surface area contributed by atoms with Crippen LogP contribution in [0, 0.1) is 0 Å². The number of hydrogen-bond donors (Lipinski definition) is 1. The highest BCUT2D eigenvalue weighted by molar-refractivity contribution is 5.87. The lowest BCUT2D eigenvalue weighted by molar-refractivity contribution is -0.137. The third-order valence-electron chi connectivity index (χ3n) is 3.41. The maximum Gasteiger partial charge on any atom is 0.228 e. The molecule has 98 valence electrons. The second kappa shape index (κ2) is 5.50. The summed E-state index contributed by atoms with van der Waals surface area (Å²) in [4.78, 5) is 12.1. The highest BCUT2D eigenvalue weighted by Crippen LogP contribution is 2.34. The fraction of sp³-hybridized carbons (Fsp3) is 0.500. The highest BCUT2D eigenvalue weighted by Gasteiger charge is 2.33. The van der Waals surface area contributed by atoms with Gasteiger partial charge in [-0.25, -0.2) is 0 Å². The van der Waals surface area contributed by atoms with E-state index in [-0.39, 0.29) is 17.9 Å². The van der Waals surface area contributed by atoms with Gasteiger partial charge in [-0.2, -0.15) is 0 Å². The van der Waals surface area contributed by atoms with Gasteiger partial charge in [-0.05, 0) is 24.5 Å². The van der Waals surface area contributed by atoms with Crippen LogP contribution in [-0.4, -0.2) is 32.5 Å². The van der Waals surface area contributed by atoms with Gasteiger partial charge in [-0.15, -0.1) is 0 Å². The van der Waals surface area contributed by atoms with Gasteiger partial charge in [0.25, 0.3) is 0 Å². The average molecular weight is 249 g/mol. The third kappa shape index (κ3) is 2.40. The lowest BCUT2D eigenvalue weighted by Gasteiger charge is -2.31. The first-order chi connectivity index (χ1) is 8.67. The topological polar surface area (TPSA) is 47.6 Å². The second-order valence-corrected chi connectivity index (χ2v) is 4.59. The van der Waals surface area contributed by atoms with Crippen molar-refractivity contribution in [2.75, 3.05) is 14.2 Å². The molecule has 0 saturated carbocycles. The number of rotatable bonds is 5. The van der Waals surface area contributed by atoms with E-state index in [1.54, 1.807) is 14.2 Å². The molecule has 0 fully saturated rings. The predicted molar refractivity (Wildman–Crippen MR) is 68.3 cm³/mol. The van der Waals surface area contributed by atoms with Crippen molar-refractivity contribution < 1.29 is 14.3 Å². The Bertz CT molecular complexity index is 429. The van der Waals surface area contributed by atoms with Crippen molar-refractivity contribution in [1.29, 1.82) is 0 Å². The quantitative estimate of drug-likeness (QED) is 0.803. The Morgan fingerprint density at radius 3 is 2.61 bits per heavy atom. The molecule has 1 aliphatic carbocycles. The van der Waals surface area contributed by atoms with E-state index in [9.17, 15) is 4.79 Å². The van der Waals surface area contributed by atoms with Gasteiger partial charge in [0, 0.05) is 14.2 Å². The summed E-state index contributed by atoms with van der Waals surface area (Å²) >= 11 is 0. The summed E-state index contributed by atoms with van der Waals surface area (Å²) in [6, 6.07) is 7.88. The molecule has 0 radical (unpaired) electrons. The summed E-state index contributed by atoms with van der Waals surface area (Å²) in [5.41, 5.74) is 2.40. The normalized spacial score (nSPS) is 19.0. The molecule has 1 aromatic carbocycles. The number of methoxy groups -OCH3 is 2. The summed E-state index contributed by atoms with van der Waals surface area (Å²) in [5.74, 6) is 0.0123. The Kier molecular flexibility index (Phi) is 3.99. The van der Waals surface area contributed by atoms with Crippen LogP contribution < -0.4 is 5.32 Å². The van der Waals surface area contributed by atoms with Gasteiger partial charge in [0.05, 0.1) is 12.0 Å². The molecule has 1 amide bonds. The van der Waals surface area contributed by atoms with Crippen molar-refractivity contribution in [1.82, 2.24) is 5.32 Å². The summed E-state index contributed by atoms with van der Waals surface area (Å²) in [7, 11) is 3.13. The minimum atomic E-state index is -0.413. The molecule has 0 bridgehead atoms. The molecular formula is C14H19NO3. The SMILES string of the molecule is COC(OC)C(C)NC(=O)C1Cc2ccccc21. The van der Waals surface area contributed by atoms with E-state index in [2.05, 4.69) is 11.4 Å². The van der Waals surface area contributed by atoms with Crippen molar-refractivity contribution in [2.45, 2.75) is 31.6 Å². The number of carbonyl (C=O) groups is 1. The molecule has 2 rings (SSSR count). The Balaban J connectivity index is 1.95. The van der Waals surface area contributed by atoms with E-state index in [1.165, 1.54) is 5.56 Å². The Labute approximate surface area is 107 Å². The van der Waals surface area contributed by atoms with E-state index >= 15 is 0 Å². The number of ether oxygens (including phenoxy) is 2. The smallest absolute Gasteiger partial charge is 0.228 e. The maximum atomic E-state index is 12.1. The Morgan fingerprint density at radius 2 is 2.00 bits per heavy atom. The van der Waals surface area contributed by atoms with E-state index in [1.807, 2.05) is 25.1 Å². The molecule has 0 aliphatic heterocycles. The summed E-state index contributed by atoms with van der Waals surface area (Å²) in [5, 5.41) is 2.94. The largest absolute Gasteiger partial charge is 0.354 e. The van der Waals surface area contributed by atoms with Gasteiger partial charge in [0.2, 0.25) is 5.91 Å². The highest BCUT2D eigenvalue weighted by atomic mass is 16.7. The van der Waals surface area contributed by atoms with E-state index in [0.29, 0.717) is 0 Å². The lowest BCUT2D eigenvalue weighted by atomic mass is 9.77. The van der Waals surface area contributed by atoms with Crippen LogP contribution in [0.5, 0.6) is 0 Å². The van der Waals surface area contributed by atoms with Crippen LogP contribution in [0.3, 0.4) is 0 Å². The number of carbonyl (C=O) groups excluding carboxylic acids is 1. The number of hydrogen-bond acceptors (Lipinski definition) is 3. The molecule has 18 heavy (non-hydrogen) atoms. The van der Waals surface area contributed by atoms with Crippen molar-refractivity contribution in [2.24, 2.45) is 0 Å². The molecule has 1 aromatic rings. The number of nitrogens with one attached hydrogen (secondary N) is 1. The fourth-order valence-corrected chi connectivity index (χ4v) is 2.39. The lowest BCUT2D eigenvalue weighted by Crippen LogP contribution is -2.46. The van der Waals surface area contributed by atoms with Gasteiger partial charge in [0.1, 0.15) is 0 Å². The van der Waals surface area contributed by atoms with Crippen LogP contribution in [0.15, 0.2) is 24.3 Å². The molecule has 4 nitrogen and oxygen atoms in total. The van der Waals surface area contributed by atoms with Gasteiger partial charge in [-0.1, -0.05) is 24.3 Å². The van der Waals surface area contributed by atoms with Gasteiger partial charge >= 0.3 is 0 Å². The Morgan fingerprint density at radius 1 is 1.33 bits per heavy atom. The van der Waals surface area contributed by atoms with Gasteiger partial charge in [0.15, 0.2) is 6.29 Å². The fourth-order valence-electron chi connectivity index (χ4n) is 2.39. The first-order valence-electron chi connectivity index (χ1n) is 6.11. The summed E-state index contributed by atoms with van der Waals surface area (Å²) in [6.07, 6.45) is 0.406. The molecule has 0 spiro atoms. The van der Waals surface area contributed by atoms with Crippen LogP contribution in [0.25, 0.3) is 0 Å². The summed E-state index contributed by atoms with van der Waals surface area (Å²) in [6.45, 7) is 1.88. The van der Waals surface area contributed by atoms with Crippen LogP contribution in [0.1, 0.15) is 24.0 Å². The van der Waals surface area contributed by atoms with Crippen LogP contribution in [0.4, 0.5) is 0 Å². The molecule has 0 saturated heterocycles. The minimum Gasteiger partial charge on any atom is -0.354 e. The zero-order chi connectivity index (χ0) is 13.1. The summed E-state index contributed by atoms with van der Waals surface area (Å²) < 4.78 is 10.3. The van der Waals surface area contributed by atoms with Gasteiger partial charge < -0.3 is 14.8 Å². The van der Waals surface area contributed by atoms with Crippen molar-refractivity contribution in [3.8, 4) is 0 Å². The predicted octanol–water partition coefficient (Wildman–Crippen LogP) is 1.45. The second-order valence-electron chi connectivity index (χ2n) is 4.59. The van der Waals surface area contributed by atoms with E-state index in [0.717, 1.165) is 12.0 Å². The monoisotopic (exact) mass is 249 g/mol. The van der Waals surface area contributed by atoms with Crippen molar-refractivity contribution in [3.05, 3.63) is 35.4 Å². The maximum absolute atomic E-state index is 12.1. The Hall–Kier alpha value is -1.39. The van der Waals surface area contributed by atoms with E-state index < -0.39 is 6.29 Å². The minimum absolute atomic E-state index is 0.0296. The first-order valence-corrected chi connectivity index (χ1v) is 6.11. The average Bonchev–Trinajstić information content (AvgIpc) is 2.32. The number of fused-ring (bicyclic) bond motifs is 1. The molecule has 2 atom stereocenters. The van der Waals surface area contributed by atoms with Crippen molar-refractivity contribution in [3.63, 3.8) is 0 Å². The standard InChI is InChI=1S/C14H19NO3/c1-9(14(17-2)18-3)15-13(16)12-8-10-6-4-5-7-11(10)12/h4-7,9,12,14H,8H2,1-3H3,(H,15,16). The van der Waals surface area contributed by atoms with Crippen molar-refractivity contribution >= 4 is 5.91 Å². The molecule has 2 unspecified atom stereocenters. The molecule has 1 N–H and O–H groups in total. The molecular weight excluding hydrogens is 230 g/mol. The van der Waals surface area contributed by atoms with Crippen LogP contribution in [-0.2, 0) is 20.7 Å². The molecule has 0 aromatic heterocycles. The van der Waals surface area contributed by atoms with E-state index in [4.69, 9.17) is 9.47 Å². The molecule has 4 heteroatoms. The third-order valence-corrected chi connectivity index (χ3v) is 3.41. The number of benzene rings is 1. The molecule has 1 aliphatic rings. The molecule has 0 heterocycles. The first kappa shape index (κ1) is 13.1. The van der Waals surface area contributed by atoms with Crippen LogP contribution >= 0.6 is 0 Å². The zero-order valence-corrected chi connectivity index (χ0v) is 11.0. The van der Waals surface area contributed by atoms with Gasteiger partial charge in [-0.3, -0.25) is 4.79 Å². The zero-order valence-electron chi connectivity index (χ0n) is 11.0. The van der Waals surface area contributed by atoms with Crippen LogP contribution in [0.2, 0.25) is 0 Å².